The van der Waals surface area contributed by atoms with Crippen LogP contribution in [-0.2, 0) is 44.1 Å². The van der Waals surface area contributed by atoms with E-state index in [1.807, 2.05) is 0 Å². The van der Waals surface area contributed by atoms with Gasteiger partial charge in [0, 0.05) is 0 Å². The summed E-state index contributed by atoms with van der Waals surface area (Å²) in [6.45, 7) is 0. The van der Waals surface area contributed by atoms with Gasteiger partial charge in [-0.15, -0.1) is 0 Å². The minimum atomic E-state index is 1.69. The SMILES string of the molecule is [O]=[Ag].[O]=[Mn]. The molecule has 0 amide bonds. The summed E-state index contributed by atoms with van der Waals surface area (Å²) in [7, 11) is 0. The Balaban J connectivity index is 0. The first-order valence-electron chi connectivity index (χ1n) is 0.277. The minimum absolute atomic E-state index is 1.69. The Labute approximate surface area is 44.2 Å². The van der Waals surface area contributed by atoms with Crippen molar-refractivity contribution in [3.63, 3.8) is 0 Å². The summed E-state index contributed by atoms with van der Waals surface area (Å²) in [5.41, 5.74) is 0. The van der Waals surface area contributed by atoms with Gasteiger partial charge in [-0.05, 0) is 0 Å². The zero-order valence-electron chi connectivity index (χ0n) is 1.50. The van der Waals surface area contributed by atoms with E-state index >= 15 is 0 Å². The average molecular weight is 195 g/mol. The molecule has 0 saturated heterocycles. The summed E-state index contributed by atoms with van der Waals surface area (Å²) in [5, 5.41) is 0. The number of rotatable bonds is 0. The summed E-state index contributed by atoms with van der Waals surface area (Å²) in [5.74, 6) is 0. The molecule has 0 bridgehead atoms. The van der Waals surface area contributed by atoms with Gasteiger partial charge < -0.3 is 0 Å². The maximum absolute atomic E-state index is 8.06. The zero-order chi connectivity index (χ0) is 4.00. The molecule has 0 fully saturated rings. The van der Waals surface area contributed by atoms with E-state index < -0.39 is 0 Å². The molecule has 2 nitrogen and oxygen atoms in total. The summed E-state index contributed by atoms with van der Waals surface area (Å²) >= 11 is 3.39. The number of hydrogen-bond donors (Lipinski definition) is 0. The first kappa shape index (κ1) is 8.85. The van der Waals surface area contributed by atoms with E-state index in [1.54, 1.807) is 37.0 Å². The van der Waals surface area contributed by atoms with E-state index in [-0.39, 0.29) is 0 Å². The maximum atomic E-state index is 8.06. The Kier molecular flexibility index (Phi) is 94.5. The van der Waals surface area contributed by atoms with Crippen molar-refractivity contribution in [1.29, 1.82) is 0 Å². The van der Waals surface area contributed by atoms with E-state index in [1.165, 1.54) is 0 Å². The van der Waals surface area contributed by atoms with Crippen molar-refractivity contribution in [2.45, 2.75) is 0 Å². The van der Waals surface area contributed by atoms with Crippen LogP contribution in [0.1, 0.15) is 0 Å². The molecular formula is AgMnO2. The van der Waals surface area contributed by atoms with Gasteiger partial charge in [-0.2, -0.15) is 0 Å². The van der Waals surface area contributed by atoms with Crippen LogP contribution in [0, 0.1) is 0 Å². The van der Waals surface area contributed by atoms with Crippen molar-refractivity contribution >= 4 is 0 Å². The molecule has 0 aromatic carbocycles. The second-order valence-corrected chi connectivity index (χ2v) is 0. The van der Waals surface area contributed by atoms with Crippen LogP contribution in [0.25, 0.3) is 0 Å². The molecular weight excluding hydrogens is 195 g/mol. The number of hydrogen-bond acceptors (Lipinski definition) is 2. The summed E-state index contributed by atoms with van der Waals surface area (Å²) in [4.78, 5) is 0. The molecule has 0 aromatic heterocycles. The summed E-state index contributed by atoms with van der Waals surface area (Å²) < 4.78 is 16.1. The molecule has 0 aromatic rings. The van der Waals surface area contributed by atoms with Crippen molar-refractivity contribution in [2.24, 2.45) is 0 Å². The second kappa shape index (κ2) is 42.7. The third-order valence-corrected chi connectivity index (χ3v) is 0. The van der Waals surface area contributed by atoms with Crippen LogP contribution in [-0.4, -0.2) is 0 Å². The second-order valence-electron chi connectivity index (χ2n) is 0. The first-order chi connectivity index (χ1) is 2.00. The molecule has 0 aliphatic rings. The molecule has 0 rings (SSSR count). The molecule has 0 aliphatic carbocycles. The predicted octanol–water partition coefficient (Wildman–Crippen LogP) is -0.243. The van der Waals surface area contributed by atoms with Crippen LogP contribution in [0.2, 0.25) is 0 Å². The molecule has 30 valence electrons. The molecule has 0 saturated carbocycles. The van der Waals surface area contributed by atoms with Crippen LogP contribution >= 0.6 is 0 Å². The fourth-order valence-electron chi connectivity index (χ4n) is 0. The van der Waals surface area contributed by atoms with E-state index in [0.29, 0.717) is 0 Å². The van der Waals surface area contributed by atoms with Crippen LogP contribution in [0.3, 0.4) is 0 Å². The molecule has 0 spiro atoms. The van der Waals surface area contributed by atoms with E-state index in [2.05, 4.69) is 0 Å². The third kappa shape index (κ3) is 13.4. The van der Waals surface area contributed by atoms with Crippen molar-refractivity contribution < 1.29 is 44.1 Å². The van der Waals surface area contributed by atoms with Crippen LogP contribution in [0.5, 0.6) is 0 Å². The van der Waals surface area contributed by atoms with E-state index in [0.717, 1.165) is 0 Å². The van der Waals surface area contributed by atoms with Gasteiger partial charge >= 0.3 is 44.1 Å². The molecule has 4 heavy (non-hydrogen) atoms. The van der Waals surface area contributed by atoms with Gasteiger partial charge in [0.1, 0.15) is 0 Å². The Morgan fingerprint density at radius 2 is 1.25 bits per heavy atom. The van der Waals surface area contributed by atoms with Gasteiger partial charge in [-0.1, -0.05) is 0 Å². The van der Waals surface area contributed by atoms with Crippen molar-refractivity contribution in [1.82, 2.24) is 0 Å². The van der Waals surface area contributed by atoms with Crippen LogP contribution in [0.15, 0.2) is 0 Å². The molecule has 0 atom stereocenters. The first-order valence-corrected chi connectivity index (χ1v) is 1.36. The van der Waals surface area contributed by atoms with Crippen molar-refractivity contribution in [3.05, 3.63) is 0 Å². The normalized spacial score (nSPS) is 2.50. The van der Waals surface area contributed by atoms with Crippen molar-refractivity contribution in [3.8, 4) is 0 Å². The van der Waals surface area contributed by atoms with Gasteiger partial charge in [0.2, 0.25) is 0 Å². The third-order valence-electron chi connectivity index (χ3n) is 0. The topological polar surface area (TPSA) is 34.1 Å². The quantitative estimate of drug-likeness (QED) is 0.499. The van der Waals surface area contributed by atoms with Gasteiger partial charge in [-0.25, -0.2) is 0 Å². The van der Waals surface area contributed by atoms with E-state index in [9.17, 15) is 0 Å². The Morgan fingerprint density at radius 3 is 1.25 bits per heavy atom. The molecule has 4 heteroatoms. The molecule has 0 unspecified atom stereocenters. The Morgan fingerprint density at radius 1 is 1.25 bits per heavy atom. The zero-order valence-corrected chi connectivity index (χ0v) is 4.16. The Hall–Kier alpha value is 0.860. The van der Waals surface area contributed by atoms with Gasteiger partial charge in [0.05, 0.1) is 0 Å². The predicted molar refractivity (Wildman–Crippen MR) is 1.37 cm³/mol. The Bertz CT molecular complexity index is 8.00. The van der Waals surface area contributed by atoms with Crippen molar-refractivity contribution in [2.75, 3.05) is 0 Å². The molecule has 0 N–H and O–H groups in total. The van der Waals surface area contributed by atoms with Gasteiger partial charge in [0.25, 0.3) is 0 Å². The molecule has 0 radical (unpaired) electrons. The monoisotopic (exact) mass is 194 g/mol. The van der Waals surface area contributed by atoms with Gasteiger partial charge in [-0.3, -0.25) is 0 Å². The van der Waals surface area contributed by atoms with Crippen LogP contribution in [0.4, 0.5) is 0 Å². The fraction of sp³-hybridized carbons (Fsp3) is 0. The van der Waals surface area contributed by atoms with Gasteiger partial charge in [0.15, 0.2) is 0 Å². The average Bonchev–Trinajstić information content (AvgIpc) is 1.50. The summed E-state index contributed by atoms with van der Waals surface area (Å²) in [6.07, 6.45) is 0. The van der Waals surface area contributed by atoms with E-state index in [4.69, 9.17) is 7.08 Å². The van der Waals surface area contributed by atoms with Crippen LogP contribution < -0.4 is 0 Å². The standard InChI is InChI=1S/Ag.Mn.2O. The summed E-state index contributed by atoms with van der Waals surface area (Å²) in [6, 6.07) is 0. The fourth-order valence-corrected chi connectivity index (χ4v) is 0. The molecule has 0 aliphatic heterocycles. The molecule has 0 heterocycles.